The van der Waals surface area contributed by atoms with Crippen molar-refractivity contribution in [1.29, 1.82) is 0 Å². The van der Waals surface area contributed by atoms with Gasteiger partial charge in [-0.1, -0.05) is 35.9 Å². The number of benzene rings is 2. The first-order chi connectivity index (χ1) is 11.6. The summed E-state index contributed by atoms with van der Waals surface area (Å²) in [5, 5.41) is 3.54. The topological polar surface area (TPSA) is 83.8 Å². The van der Waals surface area contributed by atoms with Gasteiger partial charge in [-0.3, -0.25) is 4.79 Å². The molecular formula is C18H19Cl3N4O. The Bertz CT molecular complexity index is 823. The molecule has 1 heterocycles. The van der Waals surface area contributed by atoms with Gasteiger partial charge in [-0.15, -0.1) is 24.8 Å². The van der Waals surface area contributed by atoms with Gasteiger partial charge in [-0.2, -0.15) is 0 Å². The number of carbonyl (C=O) groups is 1. The first kappa shape index (κ1) is 22.0. The van der Waals surface area contributed by atoms with E-state index in [0.29, 0.717) is 17.1 Å². The van der Waals surface area contributed by atoms with Crippen LogP contribution in [0.5, 0.6) is 0 Å². The Morgan fingerprint density at radius 1 is 1.15 bits per heavy atom. The lowest BCUT2D eigenvalue weighted by atomic mass is 10.1. The average Bonchev–Trinajstić information content (AvgIpc) is 3.08. The van der Waals surface area contributed by atoms with E-state index in [4.69, 9.17) is 17.3 Å². The third kappa shape index (κ3) is 5.75. The van der Waals surface area contributed by atoms with Crippen LogP contribution in [0.2, 0.25) is 5.02 Å². The van der Waals surface area contributed by atoms with Gasteiger partial charge in [0.1, 0.15) is 0 Å². The predicted octanol–water partition coefficient (Wildman–Crippen LogP) is 4.08. The zero-order chi connectivity index (χ0) is 16.9. The third-order valence-corrected chi connectivity index (χ3v) is 3.89. The molecule has 0 aliphatic heterocycles. The van der Waals surface area contributed by atoms with Crippen molar-refractivity contribution in [2.24, 2.45) is 5.73 Å². The van der Waals surface area contributed by atoms with Gasteiger partial charge in [0.25, 0.3) is 0 Å². The Kier molecular flexibility index (Phi) is 8.61. The summed E-state index contributed by atoms with van der Waals surface area (Å²) < 4.78 is 0. The van der Waals surface area contributed by atoms with E-state index in [1.165, 1.54) is 0 Å². The fourth-order valence-corrected chi connectivity index (χ4v) is 2.51. The summed E-state index contributed by atoms with van der Waals surface area (Å²) in [6.07, 6.45) is 3.63. The maximum absolute atomic E-state index is 12.2. The first-order valence-electron chi connectivity index (χ1n) is 7.51. The lowest BCUT2D eigenvalue weighted by Gasteiger charge is -2.12. The van der Waals surface area contributed by atoms with E-state index in [1.54, 1.807) is 12.5 Å². The monoisotopic (exact) mass is 412 g/mol. The molecule has 0 unspecified atom stereocenters. The highest BCUT2D eigenvalue weighted by molar-refractivity contribution is 6.30. The number of aromatic nitrogens is 2. The summed E-state index contributed by atoms with van der Waals surface area (Å²) in [6, 6.07) is 14.5. The van der Waals surface area contributed by atoms with Gasteiger partial charge in [0, 0.05) is 29.0 Å². The molecule has 0 aliphatic rings. The Balaban J connectivity index is 0.00000169. The second kappa shape index (κ2) is 10.2. The Hall–Kier alpha value is -2.05. The maximum atomic E-state index is 12.2. The molecule has 0 fully saturated rings. The number of nitrogens with zero attached hydrogens (tertiary/aromatic N) is 1. The number of hydrogen-bond acceptors (Lipinski definition) is 3. The van der Waals surface area contributed by atoms with Crippen LogP contribution < -0.4 is 11.1 Å². The molecule has 0 radical (unpaired) electrons. The van der Waals surface area contributed by atoms with Crippen LogP contribution in [0.3, 0.4) is 0 Å². The SMILES string of the molecule is Cl.Cl.N[C@@H](Cc1cnc[nH]1)C(=O)Nc1cccc(-c2ccc(Cl)cc2)c1. The van der Waals surface area contributed by atoms with Crippen LogP contribution in [-0.2, 0) is 11.2 Å². The Morgan fingerprint density at radius 2 is 1.88 bits per heavy atom. The van der Waals surface area contributed by atoms with Crippen LogP contribution in [0.4, 0.5) is 5.69 Å². The number of halogens is 3. The molecule has 1 amide bonds. The van der Waals surface area contributed by atoms with Crippen molar-refractivity contribution in [3.05, 3.63) is 71.8 Å². The molecule has 0 bridgehead atoms. The number of imidazole rings is 1. The molecule has 4 N–H and O–H groups in total. The number of rotatable bonds is 5. The average molecular weight is 414 g/mol. The molecule has 0 saturated carbocycles. The number of hydrogen-bond donors (Lipinski definition) is 3. The molecular weight excluding hydrogens is 395 g/mol. The first-order valence-corrected chi connectivity index (χ1v) is 7.89. The van der Waals surface area contributed by atoms with Gasteiger partial charge in [0.2, 0.25) is 5.91 Å². The van der Waals surface area contributed by atoms with Crippen LogP contribution in [0.15, 0.2) is 61.1 Å². The minimum absolute atomic E-state index is 0. The summed E-state index contributed by atoms with van der Waals surface area (Å²) in [7, 11) is 0. The van der Waals surface area contributed by atoms with Gasteiger partial charge in [-0.05, 0) is 35.4 Å². The summed E-state index contributed by atoms with van der Waals surface area (Å²) in [4.78, 5) is 19.1. The van der Waals surface area contributed by atoms with E-state index < -0.39 is 6.04 Å². The standard InChI is InChI=1S/C18H17ClN4O.2ClH/c19-14-6-4-12(5-7-14)13-2-1-3-15(8-13)23-18(24)17(20)9-16-10-21-11-22-16;;/h1-8,10-11,17H,9,20H2,(H,21,22)(H,23,24);2*1H/t17-;;/m0../s1. The number of H-pyrrole nitrogens is 1. The number of anilines is 1. The summed E-state index contributed by atoms with van der Waals surface area (Å²) >= 11 is 5.91. The van der Waals surface area contributed by atoms with Crippen molar-refractivity contribution >= 4 is 48.0 Å². The van der Waals surface area contributed by atoms with Crippen LogP contribution in [0.25, 0.3) is 11.1 Å². The number of nitrogens with one attached hydrogen (secondary N) is 2. The molecule has 138 valence electrons. The maximum Gasteiger partial charge on any atom is 0.241 e. The highest BCUT2D eigenvalue weighted by Crippen LogP contribution is 2.24. The Morgan fingerprint density at radius 3 is 2.54 bits per heavy atom. The van der Waals surface area contributed by atoms with E-state index in [1.807, 2.05) is 48.5 Å². The number of nitrogens with two attached hydrogens (primary N) is 1. The highest BCUT2D eigenvalue weighted by atomic mass is 35.5. The lowest BCUT2D eigenvalue weighted by molar-refractivity contribution is -0.117. The van der Waals surface area contributed by atoms with Gasteiger partial charge in [0.05, 0.1) is 12.4 Å². The number of carbonyl (C=O) groups excluding carboxylic acids is 1. The summed E-state index contributed by atoms with van der Waals surface area (Å²) in [5.41, 5.74) is 9.49. The smallest absolute Gasteiger partial charge is 0.241 e. The molecule has 0 saturated heterocycles. The van der Waals surface area contributed by atoms with Crippen molar-refractivity contribution in [2.45, 2.75) is 12.5 Å². The van der Waals surface area contributed by atoms with Crippen molar-refractivity contribution in [1.82, 2.24) is 9.97 Å². The fraction of sp³-hybridized carbons (Fsp3) is 0.111. The minimum Gasteiger partial charge on any atom is -0.348 e. The molecule has 5 nitrogen and oxygen atoms in total. The van der Waals surface area contributed by atoms with Crippen LogP contribution in [0, 0.1) is 0 Å². The normalized spacial score (nSPS) is 11.0. The van der Waals surface area contributed by atoms with Gasteiger partial charge in [-0.25, -0.2) is 4.98 Å². The van der Waals surface area contributed by atoms with Gasteiger partial charge < -0.3 is 16.0 Å². The van der Waals surface area contributed by atoms with Gasteiger partial charge in [0.15, 0.2) is 0 Å². The van der Waals surface area contributed by atoms with Crippen molar-refractivity contribution in [2.75, 3.05) is 5.32 Å². The van der Waals surface area contributed by atoms with Crippen molar-refractivity contribution in [3.8, 4) is 11.1 Å². The summed E-state index contributed by atoms with van der Waals surface area (Å²) in [5.74, 6) is -0.238. The molecule has 3 aromatic rings. The van der Waals surface area contributed by atoms with Crippen LogP contribution >= 0.6 is 36.4 Å². The minimum atomic E-state index is -0.648. The molecule has 1 atom stereocenters. The zero-order valence-electron chi connectivity index (χ0n) is 13.7. The molecule has 8 heteroatoms. The van der Waals surface area contributed by atoms with E-state index in [9.17, 15) is 4.79 Å². The predicted molar refractivity (Wildman–Crippen MR) is 110 cm³/mol. The van der Waals surface area contributed by atoms with Crippen molar-refractivity contribution < 1.29 is 4.79 Å². The summed E-state index contributed by atoms with van der Waals surface area (Å²) in [6.45, 7) is 0. The molecule has 2 aromatic carbocycles. The molecule has 26 heavy (non-hydrogen) atoms. The van der Waals surface area contributed by atoms with E-state index in [0.717, 1.165) is 16.8 Å². The quantitative estimate of drug-likeness (QED) is 0.589. The Labute approximate surface area is 169 Å². The molecule has 3 rings (SSSR count). The second-order valence-electron chi connectivity index (χ2n) is 5.46. The number of aromatic amines is 1. The zero-order valence-corrected chi connectivity index (χ0v) is 16.1. The van der Waals surface area contributed by atoms with Gasteiger partial charge >= 0.3 is 0 Å². The molecule has 0 aliphatic carbocycles. The van der Waals surface area contributed by atoms with E-state index in [2.05, 4.69) is 15.3 Å². The largest absolute Gasteiger partial charge is 0.348 e. The third-order valence-electron chi connectivity index (χ3n) is 3.64. The highest BCUT2D eigenvalue weighted by Gasteiger charge is 2.15. The van der Waals surface area contributed by atoms with E-state index in [-0.39, 0.29) is 30.7 Å². The number of amides is 1. The van der Waals surface area contributed by atoms with E-state index >= 15 is 0 Å². The van der Waals surface area contributed by atoms with Crippen LogP contribution in [-0.4, -0.2) is 21.9 Å². The fourth-order valence-electron chi connectivity index (χ4n) is 2.38. The molecule has 0 spiro atoms. The molecule has 1 aromatic heterocycles. The van der Waals surface area contributed by atoms with Crippen molar-refractivity contribution in [3.63, 3.8) is 0 Å². The lowest BCUT2D eigenvalue weighted by Crippen LogP contribution is -2.37. The van der Waals surface area contributed by atoms with Crippen LogP contribution in [0.1, 0.15) is 5.69 Å². The second-order valence-corrected chi connectivity index (χ2v) is 5.90.